The molecule has 7 heteroatoms. The van der Waals surface area contributed by atoms with Gasteiger partial charge in [0.1, 0.15) is 12.2 Å². The Bertz CT molecular complexity index is 659. The maximum Gasteiger partial charge on any atom is 0.410 e. The summed E-state index contributed by atoms with van der Waals surface area (Å²) in [5.74, 6) is 0. The van der Waals surface area contributed by atoms with E-state index in [1.807, 2.05) is 32.9 Å². The molecule has 0 unspecified atom stereocenters. The minimum absolute atomic E-state index is 0.00558. The third kappa shape index (κ3) is 3.72. The van der Waals surface area contributed by atoms with Gasteiger partial charge in [0.15, 0.2) is 5.65 Å². The summed E-state index contributed by atoms with van der Waals surface area (Å²) in [6, 6.07) is 4.16. The van der Waals surface area contributed by atoms with Crippen molar-refractivity contribution in [3.63, 3.8) is 0 Å². The molecule has 23 heavy (non-hydrogen) atoms. The molecule has 0 saturated carbocycles. The number of imidazole rings is 1. The van der Waals surface area contributed by atoms with Gasteiger partial charge in [-0.1, -0.05) is 0 Å². The Balaban J connectivity index is 1.61. The molecule has 1 atom stereocenters. The van der Waals surface area contributed by atoms with Crippen LogP contribution in [0.15, 0.2) is 18.3 Å². The lowest BCUT2D eigenvalue weighted by Gasteiger charge is -2.28. The molecule has 0 bridgehead atoms. The molecule has 3 heterocycles. The lowest BCUT2D eigenvalue weighted by molar-refractivity contribution is 0.0184. The molecule has 1 fully saturated rings. The van der Waals surface area contributed by atoms with Gasteiger partial charge in [0.2, 0.25) is 0 Å². The van der Waals surface area contributed by atoms with E-state index >= 15 is 0 Å². The fraction of sp³-hybridized carbons (Fsp3) is 0.562. The molecule has 1 aliphatic heterocycles. The van der Waals surface area contributed by atoms with E-state index in [1.165, 1.54) is 0 Å². The Morgan fingerprint density at radius 2 is 2.30 bits per heavy atom. The van der Waals surface area contributed by atoms with Crippen molar-refractivity contribution >= 4 is 17.3 Å². The first-order valence-electron chi connectivity index (χ1n) is 7.85. The second kappa shape index (κ2) is 6.06. The van der Waals surface area contributed by atoms with Crippen molar-refractivity contribution in [3.05, 3.63) is 18.3 Å². The minimum atomic E-state index is -0.491. The van der Waals surface area contributed by atoms with Gasteiger partial charge in [-0.25, -0.2) is 9.78 Å². The first-order valence-corrected chi connectivity index (χ1v) is 7.85. The largest absolute Gasteiger partial charge is 0.463 e. The molecular formula is C16H22N4O3. The van der Waals surface area contributed by atoms with Gasteiger partial charge in [0.25, 0.3) is 6.01 Å². The third-order valence-corrected chi connectivity index (χ3v) is 3.65. The average molecular weight is 318 g/mol. The van der Waals surface area contributed by atoms with Gasteiger partial charge < -0.3 is 19.4 Å². The predicted octanol–water partition coefficient (Wildman–Crippen LogP) is 2.74. The minimum Gasteiger partial charge on any atom is -0.463 e. The van der Waals surface area contributed by atoms with Crippen molar-refractivity contribution < 1.29 is 14.3 Å². The summed E-state index contributed by atoms with van der Waals surface area (Å²) < 4.78 is 11.2. The van der Waals surface area contributed by atoms with Crippen LogP contribution in [0.3, 0.4) is 0 Å². The topological polar surface area (TPSA) is 80.3 Å². The summed E-state index contributed by atoms with van der Waals surface area (Å²) >= 11 is 0. The average Bonchev–Trinajstić information content (AvgIpc) is 3.09. The number of hydrogen-bond donors (Lipinski definition) is 1. The van der Waals surface area contributed by atoms with Crippen LogP contribution in [0.25, 0.3) is 11.2 Å². The van der Waals surface area contributed by atoms with E-state index in [-0.39, 0.29) is 12.1 Å². The zero-order chi connectivity index (χ0) is 16.4. The molecule has 7 nitrogen and oxygen atoms in total. The standard InChI is InChI=1S/C16H22N4O3/c1-16(2,3)23-15(21)20-9-5-6-11(20)10-22-14-18-12-7-4-8-17-13(12)19-14/h4,7-8,11H,5-6,9-10H2,1-3H3,(H,17,18,19)/t11-/m1/s1. The van der Waals surface area contributed by atoms with Gasteiger partial charge in [-0.15, -0.1) is 0 Å². The third-order valence-electron chi connectivity index (χ3n) is 3.65. The number of hydrogen-bond acceptors (Lipinski definition) is 5. The number of carbonyl (C=O) groups is 1. The van der Waals surface area contributed by atoms with E-state index in [0.29, 0.717) is 24.8 Å². The van der Waals surface area contributed by atoms with Crippen molar-refractivity contribution in [3.8, 4) is 6.01 Å². The normalized spacial score (nSPS) is 18.4. The van der Waals surface area contributed by atoms with Crippen LogP contribution in [-0.2, 0) is 4.74 Å². The van der Waals surface area contributed by atoms with E-state index in [9.17, 15) is 4.79 Å². The van der Waals surface area contributed by atoms with Crippen LogP contribution in [0.1, 0.15) is 33.6 Å². The molecular weight excluding hydrogens is 296 g/mol. The molecule has 1 saturated heterocycles. The van der Waals surface area contributed by atoms with Crippen LogP contribution in [0.2, 0.25) is 0 Å². The smallest absolute Gasteiger partial charge is 0.410 e. The van der Waals surface area contributed by atoms with E-state index in [2.05, 4.69) is 15.0 Å². The van der Waals surface area contributed by atoms with Gasteiger partial charge in [-0.05, 0) is 45.7 Å². The van der Waals surface area contributed by atoms with Gasteiger partial charge in [-0.3, -0.25) is 0 Å². The molecule has 3 rings (SSSR count). The van der Waals surface area contributed by atoms with Crippen LogP contribution in [0, 0.1) is 0 Å². The number of H-pyrrole nitrogens is 1. The second-order valence-corrected chi connectivity index (χ2v) is 6.70. The molecule has 0 spiro atoms. The number of aromatic nitrogens is 3. The number of fused-ring (bicyclic) bond motifs is 1. The highest BCUT2D eigenvalue weighted by atomic mass is 16.6. The van der Waals surface area contributed by atoms with Crippen molar-refractivity contribution in [1.29, 1.82) is 0 Å². The summed E-state index contributed by atoms with van der Waals surface area (Å²) in [5.41, 5.74) is 0.964. The monoisotopic (exact) mass is 318 g/mol. The van der Waals surface area contributed by atoms with E-state index in [0.717, 1.165) is 18.4 Å². The number of amides is 1. The van der Waals surface area contributed by atoms with E-state index < -0.39 is 5.60 Å². The van der Waals surface area contributed by atoms with E-state index in [4.69, 9.17) is 9.47 Å². The van der Waals surface area contributed by atoms with Crippen molar-refractivity contribution in [2.45, 2.75) is 45.3 Å². The highest BCUT2D eigenvalue weighted by Gasteiger charge is 2.32. The number of carbonyl (C=O) groups excluding carboxylic acids is 1. The summed E-state index contributed by atoms with van der Waals surface area (Å²) in [7, 11) is 0. The van der Waals surface area contributed by atoms with Crippen LogP contribution < -0.4 is 4.74 Å². The summed E-state index contributed by atoms with van der Waals surface area (Å²) in [5, 5.41) is 0. The lowest BCUT2D eigenvalue weighted by atomic mass is 10.2. The number of nitrogens with one attached hydrogen (secondary N) is 1. The number of nitrogens with zero attached hydrogens (tertiary/aromatic N) is 3. The first-order chi connectivity index (χ1) is 10.9. The van der Waals surface area contributed by atoms with Gasteiger partial charge in [-0.2, -0.15) is 4.98 Å². The molecule has 2 aromatic heterocycles. The molecule has 1 N–H and O–H groups in total. The Kier molecular flexibility index (Phi) is 4.11. The van der Waals surface area contributed by atoms with Crippen molar-refractivity contribution in [1.82, 2.24) is 19.9 Å². The van der Waals surface area contributed by atoms with Crippen LogP contribution in [0.4, 0.5) is 4.79 Å². The number of pyridine rings is 1. The molecule has 1 amide bonds. The van der Waals surface area contributed by atoms with Crippen molar-refractivity contribution in [2.75, 3.05) is 13.2 Å². The number of aromatic amines is 1. The Morgan fingerprint density at radius 3 is 3.04 bits per heavy atom. The maximum atomic E-state index is 12.2. The Labute approximate surface area is 135 Å². The molecule has 0 aliphatic carbocycles. The van der Waals surface area contributed by atoms with Crippen LogP contribution in [0.5, 0.6) is 6.01 Å². The van der Waals surface area contributed by atoms with Gasteiger partial charge in [0.05, 0.1) is 11.6 Å². The first kappa shape index (κ1) is 15.6. The van der Waals surface area contributed by atoms with Gasteiger partial charge in [0, 0.05) is 12.7 Å². The molecule has 124 valence electrons. The predicted molar refractivity (Wildman–Crippen MR) is 85.3 cm³/mol. The highest BCUT2D eigenvalue weighted by molar-refractivity contribution is 5.70. The van der Waals surface area contributed by atoms with Crippen LogP contribution in [-0.4, -0.2) is 50.7 Å². The molecule has 2 aromatic rings. The fourth-order valence-corrected chi connectivity index (χ4v) is 2.64. The number of likely N-dealkylation sites (tertiary alicyclic amines) is 1. The highest BCUT2D eigenvalue weighted by Crippen LogP contribution is 2.22. The van der Waals surface area contributed by atoms with Gasteiger partial charge >= 0.3 is 6.09 Å². The summed E-state index contributed by atoms with van der Waals surface area (Å²) in [6.07, 6.45) is 3.26. The quantitative estimate of drug-likeness (QED) is 0.941. The zero-order valence-corrected chi connectivity index (χ0v) is 13.7. The number of ether oxygens (including phenoxy) is 2. The zero-order valence-electron chi connectivity index (χ0n) is 13.7. The van der Waals surface area contributed by atoms with Crippen LogP contribution >= 0.6 is 0 Å². The maximum absolute atomic E-state index is 12.2. The summed E-state index contributed by atoms with van der Waals surface area (Å²) in [4.78, 5) is 25.5. The number of rotatable bonds is 3. The van der Waals surface area contributed by atoms with Crippen molar-refractivity contribution in [2.24, 2.45) is 0 Å². The summed E-state index contributed by atoms with van der Waals surface area (Å²) in [6.45, 7) is 6.69. The Morgan fingerprint density at radius 1 is 1.48 bits per heavy atom. The lowest BCUT2D eigenvalue weighted by Crippen LogP contribution is -2.42. The SMILES string of the molecule is CC(C)(C)OC(=O)N1CCC[C@@H]1COc1nc2ncccc2[nH]1. The molecule has 0 aromatic carbocycles. The van der Waals surface area contributed by atoms with E-state index in [1.54, 1.807) is 11.1 Å². The molecule has 0 radical (unpaired) electrons. The molecule has 1 aliphatic rings. The fourth-order valence-electron chi connectivity index (χ4n) is 2.64. The second-order valence-electron chi connectivity index (χ2n) is 6.70. The Hall–Kier alpha value is -2.31.